The molecule has 0 bridgehead atoms. The van der Waals surface area contributed by atoms with Gasteiger partial charge in [0.05, 0.1) is 0 Å². The second kappa shape index (κ2) is 26.1. The number of hydrogen-bond acceptors (Lipinski definition) is 3. The molecule has 3 heteroatoms. The summed E-state index contributed by atoms with van der Waals surface area (Å²) in [5.41, 5.74) is -0.00515. The Labute approximate surface area is 232 Å². The van der Waals surface area contributed by atoms with Gasteiger partial charge in [0.1, 0.15) is 0 Å². The largest absolute Gasteiger partial charge is 0.396 e. The molecule has 0 aliphatic heterocycles. The zero-order chi connectivity index (χ0) is 26.7. The third-order valence-corrected chi connectivity index (χ3v) is 9.54. The Morgan fingerprint density at radius 2 is 0.676 bits per heavy atom. The van der Waals surface area contributed by atoms with Gasteiger partial charge in [0.2, 0.25) is 0 Å². The maximum absolute atomic E-state index is 9.94. The second-order valence-electron chi connectivity index (χ2n) is 12.5. The molecule has 0 heterocycles. The predicted octanol–water partition coefficient (Wildman–Crippen LogP) is 9.89. The average molecular weight is 525 g/mol. The Morgan fingerprint density at radius 3 is 0.973 bits per heavy atom. The Hall–Kier alpha value is -0.120. The van der Waals surface area contributed by atoms with Gasteiger partial charge in [0, 0.05) is 19.8 Å². The molecule has 222 valence electrons. The Balaban J connectivity index is 2.54. The van der Waals surface area contributed by atoms with E-state index in [1.807, 2.05) is 0 Å². The third-order valence-electron chi connectivity index (χ3n) is 9.54. The summed E-state index contributed by atoms with van der Waals surface area (Å²) >= 11 is 0. The zero-order valence-corrected chi connectivity index (χ0v) is 25.0. The molecule has 0 saturated heterocycles. The SMILES string of the molecule is OCCC1CCCCCCCCCCCCCCCCCCCCCCCCCCC1(CCO)CCO. The first-order valence-electron chi connectivity index (χ1n) is 17.1. The lowest BCUT2D eigenvalue weighted by molar-refractivity contribution is 0.0382. The summed E-state index contributed by atoms with van der Waals surface area (Å²) in [4.78, 5) is 0. The molecule has 1 aliphatic carbocycles. The zero-order valence-electron chi connectivity index (χ0n) is 25.0. The minimum atomic E-state index is -0.00515. The molecule has 37 heavy (non-hydrogen) atoms. The Bertz CT molecular complexity index is 446. The molecule has 1 atom stereocenters. The fourth-order valence-electron chi connectivity index (χ4n) is 7.10. The molecule has 3 N–H and O–H groups in total. The van der Waals surface area contributed by atoms with Crippen LogP contribution in [0.1, 0.15) is 186 Å². The summed E-state index contributed by atoms with van der Waals surface area (Å²) in [5, 5.41) is 29.7. The molecule has 0 spiro atoms. The van der Waals surface area contributed by atoms with Gasteiger partial charge in [0.25, 0.3) is 0 Å². The lowest BCUT2D eigenvalue weighted by Gasteiger charge is -2.41. The highest BCUT2D eigenvalue weighted by Crippen LogP contribution is 2.44. The smallest absolute Gasteiger partial charge is 0.0436 e. The van der Waals surface area contributed by atoms with Crippen molar-refractivity contribution in [3.63, 3.8) is 0 Å². The lowest BCUT2D eigenvalue weighted by atomic mass is 9.65. The van der Waals surface area contributed by atoms with Crippen molar-refractivity contribution in [2.75, 3.05) is 19.8 Å². The highest BCUT2D eigenvalue weighted by Gasteiger charge is 2.36. The van der Waals surface area contributed by atoms with E-state index in [-0.39, 0.29) is 25.2 Å². The van der Waals surface area contributed by atoms with Crippen LogP contribution >= 0.6 is 0 Å². The molecule has 1 fully saturated rings. The van der Waals surface area contributed by atoms with Crippen LogP contribution in [-0.2, 0) is 0 Å². The van der Waals surface area contributed by atoms with Gasteiger partial charge < -0.3 is 15.3 Å². The number of rotatable bonds is 6. The first-order valence-corrected chi connectivity index (χ1v) is 17.1. The lowest BCUT2D eigenvalue weighted by Crippen LogP contribution is -2.34. The van der Waals surface area contributed by atoms with Crippen molar-refractivity contribution in [2.24, 2.45) is 11.3 Å². The van der Waals surface area contributed by atoms with Crippen molar-refractivity contribution in [1.29, 1.82) is 0 Å². The minimum absolute atomic E-state index is 0.00515. The number of hydrogen-bond donors (Lipinski definition) is 3. The van der Waals surface area contributed by atoms with Crippen molar-refractivity contribution >= 4 is 0 Å². The van der Waals surface area contributed by atoms with Crippen LogP contribution in [0.25, 0.3) is 0 Å². The van der Waals surface area contributed by atoms with E-state index in [1.54, 1.807) is 0 Å². The van der Waals surface area contributed by atoms with Crippen LogP contribution in [0.15, 0.2) is 0 Å². The van der Waals surface area contributed by atoms with Crippen molar-refractivity contribution in [1.82, 2.24) is 0 Å². The summed E-state index contributed by atoms with van der Waals surface area (Å²) in [6.07, 6.45) is 37.8. The molecular formula is C34H68O3. The number of aliphatic hydroxyl groups is 3. The van der Waals surface area contributed by atoms with Crippen LogP contribution in [0.2, 0.25) is 0 Å². The predicted molar refractivity (Wildman–Crippen MR) is 161 cm³/mol. The van der Waals surface area contributed by atoms with Crippen LogP contribution < -0.4 is 0 Å². The van der Waals surface area contributed by atoms with Gasteiger partial charge in [-0.25, -0.2) is 0 Å². The topological polar surface area (TPSA) is 60.7 Å². The fraction of sp³-hybridized carbons (Fsp3) is 1.00. The normalized spacial score (nSPS) is 24.6. The number of aliphatic hydroxyl groups excluding tert-OH is 3. The van der Waals surface area contributed by atoms with Gasteiger partial charge >= 0.3 is 0 Å². The molecule has 1 aliphatic rings. The van der Waals surface area contributed by atoms with Crippen LogP contribution in [-0.4, -0.2) is 35.1 Å². The third kappa shape index (κ3) is 18.7. The van der Waals surface area contributed by atoms with E-state index in [9.17, 15) is 15.3 Å². The van der Waals surface area contributed by atoms with E-state index in [4.69, 9.17) is 0 Å². The minimum Gasteiger partial charge on any atom is -0.396 e. The maximum Gasteiger partial charge on any atom is 0.0436 e. The Morgan fingerprint density at radius 1 is 0.378 bits per heavy atom. The van der Waals surface area contributed by atoms with E-state index in [1.165, 1.54) is 154 Å². The van der Waals surface area contributed by atoms with Gasteiger partial charge in [0.15, 0.2) is 0 Å². The Kier molecular flexibility index (Phi) is 24.6. The van der Waals surface area contributed by atoms with Crippen molar-refractivity contribution in [3.8, 4) is 0 Å². The second-order valence-corrected chi connectivity index (χ2v) is 12.5. The quantitative estimate of drug-likeness (QED) is 0.324. The first-order chi connectivity index (χ1) is 18.3. The first kappa shape index (κ1) is 34.9. The van der Waals surface area contributed by atoms with Gasteiger partial charge in [-0.2, -0.15) is 0 Å². The van der Waals surface area contributed by atoms with E-state index in [2.05, 4.69) is 0 Å². The molecule has 0 aromatic rings. The van der Waals surface area contributed by atoms with E-state index >= 15 is 0 Å². The molecular weight excluding hydrogens is 456 g/mol. The summed E-state index contributed by atoms with van der Waals surface area (Å²) < 4.78 is 0. The molecule has 0 aromatic carbocycles. The average Bonchev–Trinajstić information content (AvgIpc) is 2.89. The van der Waals surface area contributed by atoms with Crippen LogP contribution in [0.5, 0.6) is 0 Å². The van der Waals surface area contributed by atoms with Crippen molar-refractivity contribution in [2.45, 2.75) is 186 Å². The standard InChI is InChI=1S/C34H68O3/c35-30-26-33-25-23-21-19-17-15-13-11-9-7-5-3-1-2-4-6-8-10-12-14-16-18-20-22-24-27-34(33,28-31-36)29-32-37/h33,35-37H,1-32H2. The molecule has 1 saturated carbocycles. The summed E-state index contributed by atoms with van der Waals surface area (Å²) in [6, 6.07) is 0. The van der Waals surface area contributed by atoms with E-state index in [0.29, 0.717) is 5.92 Å². The highest BCUT2D eigenvalue weighted by molar-refractivity contribution is 4.87. The van der Waals surface area contributed by atoms with Gasteiger partial charge in [-0.15, -0.1) is 0 Å². The van der Waals surface area contributed by atoms with E-state index in [0.717, 1.165) is 32.1 Å². The van der Waals surface area contributed by atoms with Gasteiger partial charge in [-0.3, -0.25) is 0 Å². The highest BCUT2D eigenvalue weighted by atomic mass is 16.3. The molecule has 0 radical (unpaired) electrons. The van der Waals surface area contributed by atoms with Crippen LogP contribution in [0.3, 0.4) is 0 Å². The fourth-order valence-corrected chi connectivity index (χ4v) is 7.10. The molecule has 0 aromatic heterocycles. The molecule has 1 rings (SSSR count). The van der Waals surface area contributed by atoms with Gasteiger partial charge in [-0.1, -0.05) is 154 Å². The molecule has 3 nitrogen and oxygen atoms in total. The maximum atomic E-state index is 9.94. The van der Waals surface area contributed by atoms with E-state index < -0.39 is 0 Å². The summed E-state index contributed by atoms with van der Waals surface area (Å²) in [7, 11) is 0. The van der Waals surface area contributed by atoms with Gasteiger partial charge in [-0.05, 0) is 43.4 Å². The monoisotopic (exact) mass is 525 g/mol. The van der Waals surface area contributed by atoms with Crippen molar-refractivity contribution < 1.29 is 15.3 Å². The van der Waals surface area contributed by atoms with Crippen molar-refractivity contribution in [3.05, 3.63) is 0 Å². The van der Waals surface area contributed by atoms with Crippen LogP contribution in [0.4, 0.5) is 0 Å². The summed E-state index contributed by atoms with van der Waals surface area (Å²) in [5.74, 6) is 0.420. The van der Waals surface area contributed by atoms with Crippen LogP contribution in [0, 0.1) is 11.3 Å². The summed E-state index contributed by atoms with van der Waals surface area (Å²) in [6.45, 7) is 0.618. The molecule has 1 unspecified atom stereocenters. The molecule has 0 amide bonds.